The van der Waals surface area contributed by atoms with Gasteiger partial charge in [0.1, 0.15) is 0 Å². The summed E-state index contributed by atoms with van der Waals surface area (Å²) in [7, 11) is 0. The molecule has 0 unspecified atom stereocenters. The summed E-state index contributed by atoms with van der Waals surface area (Å²) in [6.45, 7) is 3.98. The molecule has 1 aromatic rings. The van der Waals surface area contributed by atoms with Gasteiger partial charge in [-0.25, -0.2) is 4.79 Å². The number of ether oxygens (including phenoxy) is 1. The molecule has 1 aromatic carbocycles. The lowest BCUT2D eigenvalue weighted by Crippen LogP contribution is -2.22. The summed E-state index contributed by atoms with van der Waals surface area (Å²) < 4.78 is 4.76. The molecule has 0 aliphatic rings. The maximum Gasteiger partial charge on any atom is 0.411 e. The molecule has 0 saturated heterocycles. The highest BCUT2D eigenvalue weighted by Crippen LogP contribution is 2.03. The van der Waals surface area contributed by atoms with E-state index in [9.17, 15) is 4.79 Å². The molecule has 0 fully saturated rings. The third kappa shape index (κ3) is 4.31. The lowest BCUT2D eigenvalue weighted by atomic mass is 10.2. The zero-order valence-corrected chi connectivity index (χ0v) is 8.99. The molecule has 0 radical (unpaired) electrons. The minimum Gasteiger partial charge on any atom is -0.450 e. The average Bonchev–Trinajstić information content (AvgIpc) is 2.19. The van der Waals surface area contributed by atoms with Gasteiger partial charge >= 0.3 is 6.09 Å². The summed E-state index contributed by atoms with van der Waals surface area (Å²) in [4.78, 5) is 11.1. The molecule has 0 aliphatic heterocycles. The average molecular weight is 205 g/mol. The SMILES string of the molecule is CCOC(=O)N/C(C)=C/c1ccccc1. The second-order valence-electron chi connectivity index (χ2n) is 3.08. The first kappa shape index (κ1) is 11.3. The minimum atomic E-state index is -0.415. The van der Waals surface area contributed by atoms with E-state index in [0.717, 1.165) is 11.3 Å². The van der Waals surface area contributed by atoms with Crippen molar-refractivity contribution in [2.45, 2.75) is 13.8 Å². The maximum atomic E-state index is 11.1. The summed E-state index contributed by atoms with van der Waals surface area (Å²) in [6.07, 6.45) is 1.47. The summed E-state index contributed by atoms with van der Waals surface area (Å²) in [5, 5.41) is 2.63. The van der Waals surface area contributed by atoms with E-state index in [0.29, 0.717) is 6.61 Å². The molecule has 0 bridgehead atoms. The van der Waals surface area contributed by atoms with Gasteiger partial charge in [-0.1, -0.05) is 30.3 Å². The van der Waals surface area contributed by atoms with Gasteiger partial charge in [0.15, 0.2) is 0 Å². The fourth-order valence-electron chi connectivity index (χ4n) is 1.16. The molecule has 3 heteroatoms. The molecule has 80 valence electrons. The Bertz CT molecular complexity index is 344. The zero-order valence-electron chi connectivity index (χ0n) is 8.99. The normalized spacial score (nSPS) is 10.9. The third-order valence-corrected chi connectivity index (χ3v) is 1.76. The van der Waals surface area contributed by atoms with Crippen molar-refractivity contribution in [2.75, 3.05) is 6.61 Å². The number of carbonyl (C=O) groups excluding carboxylic acids is 1. The van der Waals surface area contributed by atoms with E-state index in [1.807, 2.05) is 43.3 Å². The summed E-state index contributed by atoms with van der Waals surface area (Å²) in [5.74, 6) is 0. The quantitative estimate of drug-likeness (QED) is 0.824. The van der Waals surface area contributed by atoms with Crippen molar-refractivity contribution in [2.24, 2.45) is 0 Å². The van der Waals surface area contributed by atoms with Crippen LogP contribution in [-0.4, -0.2) is 12.7 Å². The molecule has 1 N–H and O–H groups in total. The van der Waals surface area contributed by atoms with Gasteiger partial charge in [0.25, 0.3) is 0 Å². The van der Waals surface area contributed by atoms with Crippen LogP contribution in [0.5, 0.6) is 0 Å². The predicted molar refractivity (Wildman–Crippen MR) is 60.3 cm³/mol. The van der Waals surface area contributed by atoms with Gasteiger partial charge in [0.2, 0.25) is 0 Å². The Morgan fingerprint density at radius 1 is 1.40 bits per heavy atom. The number of hydrogen-bond donors (Lipinski definition) is 1. The van der Waals surface area contributed by atoms with Crippen molar-refractivity contribution in [3.63, 3.8) is 0 Å². The van der Waals surface area contributed by atoms with E-state index in [1.165, 1.54) is 0 Å². The first-order chi connectivity index (χ1) is 7.22. The second-order valence-corrected chi connectivity index (χ2v) is 3.08. The van der Waals surface area contributed by atoms with E-state index in [4.69, 9.17) is 4.74 Å². The monoisotopic (exact) mass is 205 g/mol. The van der Waals surface area contributed by atoms with E-state index >= 15 is 0 Å². The van der Waals surface area contributed by atoms with Gasteiger partial charge in [-0.2, -0.15) is 0 Å². The van der Waals surface area contributed by atoms with E-state index in [2.05, 4.69) is 5.32 Å². The number of alkyl carbamates (subject to hydrolysis) is 1. The zero-order chi connectivity index (χ0) is 11.1. The van der Waals surface area contributed by atoms with Crippen molar-refractivity contribution in [3.8, 4) is 0 Å². The molecule has 0 spiro atoms. The van der Waals surface area contributed by atoms with Gasteiger partial charge in [-0.15, -0.1) is 0 Å². The van der Waals surface area contributed by atoms with Crippen molar-refractivity contribution in [1.82, 2.24) is 5.32 Å². The molecule has 0 aliphatic carbocycles. The Balaban J connectivity index is 2.57. The fourth-order valence-corrected chi connectivity index (χ4v) is 1.16. The summed E-state index contributed by atoms with van der Waals surface area (Å²) in [6, 6.07) is 9.78. The van der Waals surface area contributed by atoms with E-state index < -0.39 is 6.09 Å². The topological polar surface area (TPSA) is 38.3 Å². The van der Waals surface area contributed by atoms with Crippen molar-refractivity contribution < 1.29 is 9.53 Å². The van der Waals surface area contributed by atoms with Crippen molar-refractivity contribution >= 4 is 12.2 Å². The third-order valence-electron chi connectivity index (χ3n) is 1.76. The molecule has 0 heterocycles. The molecule has 0 saturated carbocycles. The van der Waals surface area contributed by atoms with Crippen LogP contribution in [0, 0.1) is 0 Å². The van der Waals surface area contributed by atoms with Crippen LogP contribution in [0.1, 0.15) is 19.4 Å². The van der Waals surface area contributed by atoms with Gasteiger partial charge in [-0.3, -0.25) is 5.32 Å². The van der Waals surface area contributed by atoms with Crippen LogP contribution in [0.3, 0.4) is 0 Å². The highest BCUT2D eigenvalue weighted by Gasteiger charge is 1.99. The van der Waals surface area contributed by atoms with Crippen LogP contribution in [0.25, 0.3) is 6.08 Å². The van der Waals surface area contributed by atoms with Gasteiger partial charge in [0.05, 0.1) is 6.61 Å². The summed E-state index contributed by atoms with van der Waals surface area (Å²) in [5.41, 5.74) is 1.81. The van der Waals surface area contributed by atoms with Crippen LogP contribution in [0.4, 0.5) is 4.79 Å². The smallest absolute Gasteiger partial charge is 0.411 e. The maximum absolute atomic E-state index is 11.1. The van der Waals surface area contributed by atoms with Crippen LogP contribution in [0.2, 0.25) is 0 Å². The molecular formula is C12H15NO2. The van der Waals surface area contributed by atoms with Crippen LogP contribution in [-0.2, 0) is 4.74 Å². The first-order valence-corrected chi connectivity index (χ1v) is 4.89. The predicted octanol–water partition coefficient (Wildman–Crippen LogP) is 2.79. The van der Waals surface area contributed by atoms with Crippen molar-refractivity contribution in [3.05, 3.63) is 41.6 Å². The van der Waals surface area contributed by atoms with Gasteiger partial charge in [0, 0.05) is 5.70 Å². The number of carbonyl (C=O) groups is 1. The molecule has 3 nitrogen and oxygen atoms in total. The Morgan fingerprint density at radius 2 is 2.07 bits per heavy atom. The van der Waals surface area contributed by atoms with Crippen molar-refractivity contribution in [1.29, 1.82) is 0 Å². The highest BCUT2D eigenvalue weighted by atomic mass is 16.5. The molecule has 0 atom stereocenters. The number of amides is 1. The van der Waals surface area contributed by atoms with E-state index in [-0.39, 0.29) is 0 Å². The largest absolute Gasteiger partial charge is 0.450 e. The number of hydrogen-bond acceptors (Lipinski definition) is 2. The number of rotatable bonds is 3. The lowest BCUT2D eigenvalue weighted by Gasteiger charge is -2.04. The molecule has 15 heavy (non-hydrogen) atoms. The molecule has 0 aromatic heterocycles. The molecular weight excluding hydrogens is 190 g/mol. The lowest BCUT2D eigenvalue weighted by molar-refractivity contribution is 0.155. The van der Waals surface area contributed by atoms with Crippen LogP contribution >= 0.6 is 0 Å². The first-order valence-electron chi connectivity index (χ1n) is 4.89. The highest BCUT2D eigenvalue weighted by molar-refractivity contribution is 5.71. The van der Waals surface area contributed by atoms with Crippen LogP contribution < -0.4 is 5.32 Å². The number of nitrogens with one attached hydrogen (secondary N) is 1. The minimum absolute atomic E-state index is 0.379. The number of benzene rings is 1. The second kappa shape index (κ2) is 5.86. The van der Waals surface area contributed by atoms with Gasteiger partial charge < -0.3 is 4.74 Å². The molecule has 1 rings (SSSR count). The Morgan fingerprint density at radius 3 is 2.67 bits per heavy atom. The Kier molecular flexibility index (Phi) is 4.41. The fraction of sp³-hybridized carbons (Fsp3) is 0.250. The molecule has 1 amide bonds. The van der Waals surface area contributed by atoms with Crippen LogP contribution in [0.15, 0.2) is 36.0 Å². The Hall–Kier alpha value is -1.77. The standard InChI is InChI=1S/C12H15NO2/c1-3-15-12(14)13-10(2)9-11-7-5-4-6-8-11/h4-9H,3H2,1-2H3,(H,13,14)/b10-9+. The number of allylic oxidation sites excluding steroid dienone is 1. The summed E-state index contributed by atoms with van der Waals surface area (Å²) >= 11 is 0. The Labute approximate surface area is 89.8 Å². The van der Waals surface area contributed by atoms with Gasteiger partial charge in [-0.05, 0) is 25.5 Å². The van der Waals surface area contributed by atoms with E-state index in [1.54, 1.807) is 6.92 Å².